The molecule has 1 amide bonds. The number of hydrogen-bond donors (Lipinski definition) is 1. The molecule has 168 valence electrons. The van der Waals surface area contributed by atoms with Gasteiger partial charge in [-0.3, -0.25) is 9.69 Å². The maximum Gasteiger partial charge on any atom is 0.232 e. The van der Waals surface area contributed by atoms with Crippen molar-refractivity contribution >= 4 is 33.7 Å². The van der Waals surface area contributed by atoms with Crippen LogP contribution < -0.4 is 5.32 Å². The number of hydrogen-bond acceptors (Lipinski definition) is 9. The lowest BCUT2D eigenvalue weighted by atomic mass is 10.1. The molecule has 1 aromatic carbocycles. The summed E-state index contributed by atoms with van der Waals surface area (Å²) >= 11 is 2.94. The maximum atomic E-state index is 12.5. The third-order valence-corrected chi connectivity index (χ3v) is 7.34. The first-order valence-electron chi connectivity index (χ1n) is 10.8. The van der Waals surface area contributed by atoms with Crippen molar-refractivity contribution in [2.75, 3.05) is 38.2 Å². The van der Waals surface area contributed by atoms with Gasteiger partial charge >= 0.3 is 0 Å². The number of rotatable bonds is 7. The highest BCUT2D eigenvalue weighted by Crippen LogP contribution is 2.32. The van der Waals surface area contributed by atoms with Crippen LogP contribution in [0.4, 0.5) is 5.13 Å². The molecule has 3 aromatic rings. The topological polar surface area (TPSA) is 89.5 Å². The largest absolute Gasteiger partial charge is 0.379 e. The first-order chi connectivity index (χ1) is 15.7. The maximum absolute atomic E-state index is 12.5. The number of carbonyl (C=O) groups excluding carboxylic acids is 1. The van der Waals surface area contributed by atoms with Crippen molar-refractivity contribution in [3.8, 4) is 10.6 Å². The van der Waals surface area contributed by atoms with Gasteiger partial charge in [-0.1, -0.05) is 29.5 Å². The van der Waals surface area contributed by atoms with Gasteiger partial charge in [-0.05, 0) is 24.5 Å². The molecule has 32 heavy (non-hydrogen) atoms. The van der Waals surface area contributed by atoms with E-state index in [9.17, 15) is 4.79 Å². The van der Waals surface area contributed by atoms with Gasteiger partial charge in [0, 0.05) is 37.2 Å². The Morgan fingerprint density at radius 3 is 2.97 bits per heavy atom. The second-order valence-corrected chi connectivity index (χ2v) is 9.77. The number of nitrogens with one attached hydrogen (secondary N) is 1. The van der Waals surface area contributed by atoms with Crippen LogP contribution in [0.15, 0.2) is 29.6 Å². The molecule has 0 radical (unpaired) electrons. The van der Waals surface area contributed by atoms with E-state index in [0.29, 0.717) is 5.13 Å². The normalized spacial score (nSPS) is 19.3. The Morgan fingerprint density at radius 1 is 1.22 bits per heavy atom. The molecule has 2 fully saturated rings. The van der Waals surface area contributed by atoms with Crippen molar-refractivity contribution in [2.24, 2.45) is 0 Å². The second-order valence-electron chi connectivity index (χ2n) is 7.90. The standard InChI is InChI=1S/C22H25N5O3S2/c28-19(24-22-26-25-21(32-22)18-5-2-8-30-18)12-17-14-31-20(23-17)16-4-1-3-15(11-16)13-27-6-9-29-10-7-27/h1,3-4,11,14,18H,2,5-10,12-13H2,(H,24,26,28). The van der Waals surface area contributed by atoms with Crippen LogP contribution in [0.2, 0.25) is 0 Å². The molecular weight excluding hydrogens is 446 g/mol. The van der Waals surface area contributed by atoms with Crippen LogP contribution in [-0.2, 0) is 27.2 Å². The first kappa shape index (κ1) is 21.6. The molecule has 1 N–H and O–H groups in total. The molecule has 5 rings (SSSR count). The highest BCUT2D eigenvalue weighted by Gasteiger charge is 2.22. The zero-order valence-electron chi connectivity index (χ0n) is 17.7. The monoisotopic (exact) mass is 471 g/mol. The van der Waals surface area contributed by atoms with E-state index in [-0.39, 0.29) is 18.4 Å². The van der Waals surface area contributed by atoms with Crippen molar-refractivity contribution in [1.82, 2.24) is 20.1 Å². The smallest absolute Gasteiger partial charge is 0.232 e. The first-order valence-corrected chi connectivity index (χ1v) is 12.5. The number of carbonyl (C=O) groups is 1. The van der Waals surface area contributed by atoms with Crippen LogP contribution in [0, 0.1) is 0 Å². The van der Waals surface area contributed by atoms with Gasteiger partial charge in [0.15, 0.2) is 0 Å². The van der Waals surface area contributed by atoms with E-state index in [1.807, 2.05) is 5.38 Å². The Balaban J connectivity index is 1.18. The van der Waals surface area contributed by atoms with Gasteiger partial charge in [0.25, 0.3) is 0 Å². The zero-order chi connectivity index (χ0) is 21.8. The van der Waals surface area contributed by atoms with Crippen molar-refractivity contribution in [1.29, 1.82) is 0 Å². The van der Waals surface area contributed by atoms with Crippen LogP contribution in [0.5, 0.6) is 0 Å². The molecule has 2 aromatic heterocycles. The average Bonchev–Trinajstić information content (AvgIpc) is 3.57. The summed E-state index contributed by atoms with van der Waals surface area (Å²) in [5.41, 5.74) is 3.10. The summed E-state index contributed by atoms with van der Waals surface area (Å²) < 4.78 is 11.1. The summed E-state index contributed by atoms with van der Waals surface area (Å²) in [6, 6.07) is 8.47. The van der Waals surface area contributed by atoms with E-state index >= 15 is 0 Å². The molecule has 0 spiro atoms. The van der Waals surface area contributed by atoms with E-state index in [4.69, 9.17) is 9.47 Å². The number of benzene rings is 1. The van der Waals surface area contributed by atoms with E-state index in [2.05, 4.69) is 49.7 Å². The predicted octanol–water partition coefficient (Wildman–Crippen LogP) is 3.53. The third-order valence-electron chi connectivity index (χ3n) is 5.47. The number of anilines is 1. The van der Waals surface area contributed by atoms with Crippen LogP contribution in [0.3, 0.4) is 0 Å². The van der Waals surface area contributed by atoms with Crippen molar-refractivity contribution < 1.29 is 14.3 Å². The summed E-state index contributed by atoms with van der Waals surface area (Å²) in [6.45, 7) is 5.19. The van der Waals surface area contributed by atoms with Gasteiger partial charge in [-0.25, -0.2) is 4.98 Å². The zero-order valence-corrected chi connectivity index (χ0v) is 19.3. The molecule has 1 unspecified atom stereocenters. The fourth-order valence-corrected chi connectivity index (χ4v) is 5.52. The second kappa shape index (κ2) is 10.1. The van der Waals surface area contributed by atoms with E-state index in [0.717, 1.165) is 73.6 Å². The quantitative estimate of drug-likeness (QED) is 0.564. The van der Waals surface area contributed by atoms with Gasteiger partial charge in [-0.15, -0.1) is 21.5 Å². The van der Waals surface area contributed by atoms with Crippen LogP contribution in [0.1, 0.15) is 35.2 Å². The lowest BCUT2D eigenvalue weighted by Crippen LogP contribution is -2.35. The van der Waals surface area contributed by atoms with E-state index < -0.39 is 0 Å². The summed E-state index contributed by atoms with van der Waals surface area (Å²) in [4.78, 5) is 19.6. The number of ether oxygens (including phenoxy) is 2. The number of nitrogens with zero attached hydrogens (tertiary/aromatic N) is 4. The van der Waals surface area contributed by atoms with Crippen LogP contribution >= 0.6 is 22.7 Å². The molecule has 0 aliphatic carbocycles. The number of morpholine rings is 1. The van der Waals surface area contributed by atoms with Gasteiger partial charge in [0.1, 0.15) is 16.1 Å². The summed E-state index contributed by atoms with van der Waals surface area (Å²) in [5.74, 6) is -0.141. The van der Waals surface area contributed by atoms with Crippen molar-refractivity contribution in [3.63, 3.8) is 0 Å². The SMILES string of the molecule is O=C(Cc1csc(-c2cccc(CN3CCOCC3)c2)n1)Nc1nnc(C2CCCO2)s1. The predicted molar refractivity (Wildman–Crippen MR) is 124 cm³/mol. The molecule has 0 saturated carbocycles. The minimum absolute atomic E-state index is 0.0123. The number of aromatic nitrogens is 3. The van der Waals surface area contributed by atoms with Gasteiger partial charge in [0.2, 0.25) is 11.0 Å². The molecule has 4 heterocycles. The van der Waals surface area contributed by atoms with E-state index in [1.165, 1.54) is 16.9 Å². The summed E-state index contributed by atoms with van der Waals surface area (Å²) in [5, 5.41) is 15.3. The lowest BCUT2D eigenvalue weighted by molar-refractivity contribution is -0.115. The number of amides is 1. The van der Waals surface area contributed by atoms with Crippen molar-refractivity contribution in [3.05, 3.63) is 45.9 Å². The Labute approximate surface area is 194 Å². The minimum atomic E-state index is -0.141. The Hall–Kier alpha value is -2.24. The molecule has 2 aliphatic rings. The van der Waals surface area contributed by atoms with Crippen LogP contribution in [-0.4, -0.2) is 58.9 Å². The molecule has 10 heteroatoms. The Morgan fingerprint density at radius 2 is 2.12 bits per heavy atom. The molecular formula is C22H25N5O3S2. The highest BCUT2D eigenvalue weighted by atomic mass is 32.1. The fraction of sp³-hybridized carbons (Fsp3) is 0.455. The molecule has 0 bridgehead atoms. The summed E-state index contributed by atoms with van der Waals surface area (Å²) in [6.07, 6.45) is 2.21. The Bertz CT molecular complexity index is 1060. The molecule has 2 saturated heterocycles. The van der Waals surface area contributed by atoms with E-state index in [1.54, 1.807) is 11.3 Å². The van der Waals surface area contributed by atoms with Gasteiger partial charge in [0.05, 0.1) is 25.3 Å². The minimum Gasteiger partial charge on any atom is -0.379 e. The summed E-state index contributed by atoms with van der Waals surface area (Å²) in [7, 11) is 0. The van der Waals surface area contributed by atoms with Crippen molar-refractivity contribution in [2.45, 2.75) is 31.9 Å². The third kappa shape index (κ3) is 5.38. The molecule has 1 atom stereocenters. The molecule has 2 aliphatic heterocycles. The average molecular weight is 472 g/mol. The Kier molecular flexibility index (Phi) is 6.84. The molecule has 8 nitrogen and oxygen atoms in total. The number of thiazole rings is 1. The van der Waals surface area contributed by atoms with Gasteiger partial charge in [-0.2, -0.15) is 0 Å². The lowest BCUT2D eigenvalue weighted by Gasteiger charge is -2.26. The highest BCUT2D eigenvalue weighted by molar-refractivity contribution is 7.15. The van der Waals surface area contributed by atoms with Gasteiger partial charge < -0.3 is 14.8 Å². The fourth-order valence-electron chi connectivity index (χ4n) is 3.86. The van der Waals surface area contributed by atoms with Crippen LogP contribution in [0.25, 0.3) is 10.6 Å².